The third-order valence-electron chi connectivity index (χ3n) is 3.43. The Labute approximate surface area is 135 Å². The number of ether oxygens (including phenoxy) is 3. The van der Waals surface area contributed by atoms with E-state index in [1.807, 2.05) is 6.92 Å². The van der Waals surface area contributed by atoms with Gasteiger partial charge in [0.05, 0.1) is 39.1 Å². The number of Topliss-reactive ketones (excluding diaryl/α,β-unsaturated/α-hetero) is 1. The molecule has 0 spiro atoms. The Balaban J connectivity index is 0.00000135. The van der Waals surface area contributed by atoms with Crippen LogP contribution in [0.4, 0.5) is 0 Å². The Bertz CT molecular complexity index is 239. The molecule has 0 saturated heterocycles. The molecule has 0 amide bonds. The quantitative estimate of drug-likeness (QED) is 0.593. The predicted molar refractivity (Wildman–Crippen MR) is 87.1 cm³/mol. The molecule has 0 aromatic heterocycles. The van der Waals surface area contributed by atoms with Gasteiger partial charge in [0.15, 0.2) is 0 Å². The molecule has 0 aliphatic heterocycles. The summed E-state index contributed by atoms with van der Waals surface area (Å²) in [6.07, 6.45) is 7.93. The third-order valence-corrected chi connectivity index (χ3v) is 3.43. The summed E-state index contributed by atoms with van der Waals surface area (Å²) in [7, 11) is 0. The molecule has 5 nitrogen and oxygen atoms in total. The lowest BCUT2D eigenvalue weighted by molar-refractivity contribution is -0.120. The van der Waals surface area contributed by atoms with Gasteiger partial charge < -0.3 is 19.3 Å². The normalized spacial score (nSPS) is 15.2. The summed E-state index contributed by atoms with van der Waals surface area (Å²) in [5, 5.41) is 7.57. The van der Waals surface area contributed by atoms with Gasteiger partial charge in [-0.25, -0.2) is 0 Å². The van der Waals surface area contributed by atoms with Gasteiger partial charge in [-0.05, 0) is 19.8 Å². The molecule has 1 fully saturated rings. The van der Waals surface area contributed by atoms with Crippen LogP contribution in [-0.2, 0) is 19.0 Å². The van der Waals surface area contributed by atoms with Crippen molar-refractivity contribution in [3.63, 3.8) is 0 Å². The highest BCUT2D eigenvalue weighted by Gasteiger charge is 2.12. The van der Waals surface area contributed by atoms with Crippen LogP contribution in [0.15, 0.2) is 0 Å². The van der Waals surface area contributed by atoms with Crippen molar-refractivity contribution in [2.75, 3.05) is 39.6 Å². The number of rotatable bonds is 11. The molecule has 0 heterocycles. The summed E-state index contributed by atoms with van der Waals surface area (Å²) in [4.78, 5) is 11.0. The summed E-state index contributed by atoms with van der Waals surface area (Å²) in [5.41, 5.74) is 0. The van der Waals surface area contributed by atoms with Crippen LogP contribution in [0.3, 0.4) is 0 Å². The van der Waals surface area contributed by atoms with Crippen molar-refractivity contribution in [1.29, 1.82) is 0 Å². The minimum atomic E-state index is 0.250. The van der Waals surface area contributed by atoms with Crippen molar-refractivity contribution < 1.29 is 24.1 Å². The Morgan fingerprint density at radius 1 is 0.955 bits per heavy atom. The lowest BCUT2D eigenvalue weighted by atomic mass is 9.98. The first-order chi connectivity index (χ1) is 10.7. The molecule has 0 aromatic rings. The van der Waals surface area contributed by atoms with Crippen molar-refractivity contribution in [3.8, 4) is 0 Å². The number of carbonyl (C=O) groups excluding carboxylic acids is 1. The number of hydrogen-bond acceptors (Lipinski definition) is 5. The first-order valence-electron chi connectivity index (χ1n) is 8.64. The van der Waals surface area contributed by atoms with Gasteiger partial charge in [-0.15, -0.1) is 0 Å². The van der Waals surface area contributed by atoms with Crippen molar-refractivity contribution in [2.24, 2.45) is 0 Å². The SMILES string of the molecule is CCC(=O)CCOCCOCCOC1CCCCC1.CCO. The summed E-state index contributed by atoms with van der Waals surface area (Å²) < 4.78 is 16.5. The molecule has 1 saturated carbocycles. The van der Waals surface area contributed by atoms with Gasteiger partial charge in [0.2, 0.25) is 0 Å². The molecule has 1 aliphatic rings. The zero-order chi connectivity index (χ0) is 16.5. The molecular formula is C17H34O5. The zero-order valence-electron chi connectivity index (χ0n) is 14.3. The van der Waals surface area contributed by atoms with Crippen LogP contribution in [0.2, 0.25) is 0 Å². The van der Waals surface area contributed by atoms with E-state index in [9.17, 15) is 4.79 Å². The third kappa shape index (κ3) is 14.4. The number of aliphatic hydroxyl groups excluding tert-OH is 1. The van der Waals surface area contributed by atoms with Gasteiger partial charge in [0.25, 0.3) is 0 Å². The highest BCUT2D eigenvalue weighted by Crippen LogP contribution is 2.19. The number of aliphatic hydroxyl groups is 1. The Kier molecular flexibility index (Phi) is 16.5. The summed E-state index contributed by atoms with van der Waals surface area (Å²) in [5.74, 6) is 0.252. The molecular weight excluding hydrogens is 284 g/mol. The fourth-order valence-electron chi connectivity index (χ4n) is 2.19. The van der Waals surface area contributed by atoms with E-state index in [2.05, 4.69) is 0 Å². The molecule has 22 heavy (non-hydrogen) atoms. The molecule has 0 unspecified atom stereocenters. The zero-order valence-corrected chi connectivity index (χ0v) is 14.3. The maximum atomic E-state index is 11.0. The molecule has 1 rings (SSSR count). The van der Waals surface area contributed by atoms with Gasteiger partial charge in [0.1, 0.15) is 5.78 Å². The van der Waals surface area contributed by atoms with Crippen LogP contribution in [-0.4, -0.2) is 56.6 Å². The lowest BCUT2D eigenvalue weighted by Crippen LogP contribution is -2.19. The van der Waals surface area contributed by atoms with Crippen LogP contribution >= 0.6 is 0 Å². The molecule has 1 N–H and O–H groups in total. The van der Waals surface area contributed by atoms with Crippen molar-refractivity contribution in [3.05, 3.63) is 0 Å². The van der Waals surface area contributed by atoms with E-state index in [0.29, 0.717) is 52.0 Å². The lowest BCUT2D eigenvalue weighted by Gasteiger charge is -2.21. The van der Waals surface area contributed by atoms with Crippen LogP contribution in [0.25, 0.3) is 0 Å². The Morgan fingerprint density at radius 2 is 1.50 bits per heavy atom. The standard InChI is InChI=1S/C15H28O4.C2H6O/c1-2-14(16)8-9-17-10-11-18-12-13-19-15-6-4-3-5-7-15;1-2-3/h15H,2-13H2,1H3;3H,2H2,1H3. The average Bonchev–Trinajstić information content (AvgIpc) is 2.54. The minimum Gasteiger partial charge on any atom is -0.397 e. The van der Waals surface area contributed by atoms with Gasteiger partial charge >= 0.3 is 0 Å². The van der Waals surface area contributed by atoms with E-state index in [0.717, 1.165) is 0 Å². The maximum absolute atomic E-state index is 11.0. The van der Waals surface area contributed by atoms with Crippen molar-refractivity contribution >= 4 is 5.78 Å². The van der Waals surface area contributed by atoms with E-state index in [1.165, 1.54) is 32.1 Å². The van der Waals surface area contributed by atoms with Crippen LogP contribution < -0.4 is 0 Å². The molecule has 5 heteroatoms. The number of ketones is 1. The van der Waals surface area contributed by atoms with E-state index in [1.54, 1.807) is 6.92 Å². The van der Waals surface area contributed by atoms with E-state index < -0.39 is 0 Å². The molecule has 0 aromatic carbocycles. The van der Waals surface area contributed by atoms with Crippen LogP contribution in [0, 0.1) is 0 Å². The second kappa shape index (κ2) is 16.9. The monoisotopic (exact) mass is 318 g/mol. The molecule has 0 radical (unpaired) electrons. The highest BCUT2D eigenvalue weighted by molar-refractivity contribution is 5.78. The molecule has 132 valence electrons. The van der Waals surface area contributed by atoms with Gasteiger partial charge in [0, 0.05) is 19.4 Å². The van der Waals surface area contributed by atoms with Crippen LogP contribution in [0.1, 0.15) is 58.8 Å². The second-order valence-electron chi connectivity index (χ2n) is 5.31. The largest absolute Gasteiger partial charge is 0.397 e. The predicted octanol–water partition coefficient (Wildman–Crippen LogP) is 2.74. The van der Waals surface area contributed by atoms with E-state index in [4.69, 9.17) is 19.3 Å². The molecule has 0 bridgehead atoms. The Hall–Kier alpha value is -0.490. The average molecular weight is 318 g/mol. The minimum absolute atomic E-state index is 0.250. The first-order valence-corrected chi connectivity index (χ1v) is 8.64. The highest BCUT2D eigenvalue weighted by atomic mass is 16.5. The number of hydrogen-bond donors (Lipinski definition) is 1. The summed E-state index contributed by atoms with van der Waals surface area (Å²) in [6.45, 7) is 6.76. The van der Waals surface area contributed by atoms with Crippen molar-refractivity contribution in [1.82, 2.24) is 0 Å². The van der Waals surface area contributed by atoms with E-state index >= 15 is 0 Å². The number of carbonyl (C=O) groups is 1. The van der Waals surface area contributed by atoms with Crippen molar-refractivity contribution in [2.45, 2.75) is 64.9 Å². The summed E-state index contributed by atoms with van der Waals surface area (Å²) in [6, 6.07) is 0. The topological polar surface area (TPSA) is 65.0 Å². The fourth-order valence-corrected chi connectivity index (χ4v) is 2.19. The fraction of sp³-hybridized carbons (Fsp3) is 0.941. The Morgan fingerprint density at radius 3 is 2.09 bits per heavy atom. The first kappa shape index (κ1) is 21.5. The van der Waals surface area contributed by atoms with Gasteiger partial charge in [-0.2, -0.15) is 0 Å². The summed E-state index contributed by atoms with van der Waals surface area (Å²) >= 11 is 0. The second-order valence-corrected chi connectivity index (χ2v) is 5.31. The molecule has 1 aliphatic carbocycles. The van der Waals surface area contributed by atoms with E-state index in [-0.39, 0.29) is 12.4 Å². The van der Waals surface area contributed by atoms with Gasteiger partial charge in [-0.1, -0.05) is 26.2 Å². The smallest absolute Gasteiger partial charge is 0.134 e. The molecule has 0 atom stereocenters. The van der Waals surface area contributed by atoms with Crippen LogP contribution in [0.5, 0.6) is 0 Å². The maximum Gasteiger partial charge on any atom is 0.134 e. The van der Waals surface area contributed by atoms with Gasteiger partial charge in [-0.3, -0.25) is 4.79 Å².